The number of guanidine groups is 1. The first-order chi connectivity index (χ1) is 15.0. The van der Waals surface area contributed by atoms with Crippen molar-refractivity contribution in [1.82, 2.24) is 16.0 Å². The van der Waals surface area contributed by atoms with Crippen molar-refractivity contribution >= 4 is 41.5 Å². The second kappa shape index (κ2) is 13.2. The summed E-state index contributed by atoms with van der Waals surface area (Å²) in [5.41, 5.74) is 3.31. The molecular formula is C24H33FIN5O. The first-order valence-electron chi connectivity index (χ1n) is 10.9. The Morgan fingerprint density at radius 3 is 2.53 bits per heavy atom. The second-order valence-corrected chi connectivity index (χ2v) is 7.83. The summed E-state index contributed by atoms with van der Waals surface area (Å²) in [6, 6.07) is 14.9. The average molecular weight is 553 g/mol. The number of amides is 1. The molecule has 1 unspecified atom stereocenters. The van der Waals surface area contributed by atoms with Crippen LogP contribution < -0.4 is 20.9 Å². The van der Waals surface area contributed by atoms with Gasteiger partial charge < -0.3 is 20.9 Å². The Balaban J connectivity index is 0.00000363. The molecule has 8 heteroatoms. The standard InChI is InChI=1S/C24H32FN5O.HI/c1-3-26-24(28-14-13-27-23(31)16-19-6-8-20(25)9-7-19)29-21-12-15-30(17-21)22-10-4-18(2)5-11-22;/h4-11,21H,3,12-17H2,1-2H3,(H,27,31)(H2,26,28,29);1H. The topological polar surface area (TPSA) is 68.8 Å². The molecule has 1 aliphatic rings. The Hall–Kier alpha value is -2.36. The van der Waals surface area contributed by atoms with Crippen LogP contribution in [-0.4, -0.2) is 50.6 Å². The summed E-state index contributed by atoms with van der Waals surface area (Å²) in [5, 5.41) is 9.65. The van der Waals surface area contributed by atoms with Gasteiger partial charge in [0, 0.05) is 37.9 Å². The first kappa shape index (κ1) is 25.9. The fraction of sp³-hybridized carbons (Fsp3) is 0.417. The van der Waals surface area contributed by atoms with Gasteiger partial charge in [-0.1, -0.05) is 29.8 Å². The molecule has 1 saturated heterocycles. The van der Waals surface area contributed by atoms with E-state index in [0.29, 0.717) is 19.1 Å². The van der Waals surface area contributed by atoms with E-state index in [1.807, 2.05) is 6.92 Å². The maximum Gasteiger partial charge on any atom is 0.224 e. The molecule has 1 aliphatic heterocycles. The lowest BCUT2D eigenvalue weighted by Gasteiger charge is -2.20. The van der Waals surface area contributed by atoms with Gasteiger partial charge in [-0.25, -0.2) is 4.39 Å². The number of halogens is 2. The van der Waals surface area contributed by atoms with Gasteiger partial charge in [-0.05, 0) is 50.1 Å². The van der Waals surface area contributed by atoms with E-state index >= 15 is 0 Å². The molecule has 0 bridgehead atoms. The molecule has 2 aromatic carbocycles. The highest BCUT2D eigenvalue weighted by Gasteiger charge is 2.23. The molecular weight excluding hydrogens is 520 g/mol. The zero-order chi connectivity index (χ0) is 22.1. The van der Waals surface area contributed by atoms with Crippen LogP contribution in [-0.2, 0) is 11.2 Å². The van der Waals surface area contributed by atoms with Gasteiger partial charge in [0.15, 0.2) is 5.96 Å². The van der Waals surface area contributed by atoms with Crippen LogP contribution in [0.3, 0.4) is 0 Å². The van der Waals surface area contributed by atoms with Crippen LogP contribution in [0.1, 0.15) is 24.5 Å². The number of carbonyl (C=O) groups is 1. The molecule has 174 valence electrons. The quantitative estimate of drug-likeness (QED) is 0.203. The highest BCUT2D eigenvalue weighted by atomic mass is 127. The van der Waals surface area contributed by atoms with E-state index in [4.69, 9.17) is 0 Å². The second-order valence-electron chi connectivity index (χ2n) is 7.83. The van der Waals surface area contributed by atoms with Gasteiger partial charge in [-0.3, -0.25) is 9.79 Å². The van der Waals surface area contributed by atoms with Crippen molar-refractivity contribution in [3.8, 4) is 0 Å². The fourth-order valence-corrected chi connectivity index (χ4v) is 3.59. The largest absolute Gasteiger partial charge is 0.369 e. The number of nitrogens with zero attached hydrogens (tertiary/aromatic N) is 2. The number of carbonyl (C=O) groups excluding carboxylic acids is 1. The number of nitrogens with one attached hydrogen (secondary N) is 3. The minimum absolute atomic E-state index is 0. The minimum Gasteiger partial charge on any atom is -0.369 e. The van der Waals surface area contributed by atoms with Crippen LogP contribution in [0.25, 0.3) is 0 Å². The average Bonchev–Trinajstić information content (AvgIpc) is 3.22. The van der Waals surface area contributed by atoms with Gasteiger partial charge >= 0.3 is 0 Å². The SMILES string of the molecule is CCNC(=NCCNC(=O)Cc1ccc(F)cc1)NC1CCN(c2ccc(C)cc2)C1.I. The Bertz CT molecular complexity index is 873. The lowest BCUT2D eigenvalue weighted by atomic mass is 10.1. The predicted molar refractivity (Wildman–Crippen MR) is 139 cm³/mol. The molecule has 3 rings (SSSR count). The minimum atomic E-state index is -0.300. The number of hydrogen-bond acceptors (Lipinski definition) is 3. The van der Waals surface area contributed by atoms with Crippen molar-refractivity contribution < 1.29 is 9.18 Å². The number of anilines is 1. The number of hydrogen-bond donors (Lipinski definition) is 3. The fourth-order valence-electron chi connectivity index (χ4n) is 3.59. The highest BCUT2D eigenvalue weighted by molar-refractivity contribution is 14.0. The van der Waals surface area contributed by atoms with Crippen molar-refractivity contribution in [2.45, 2.75) is 32.7 Å². The van der Waals surface area contributed by atoms with Gasteiger partial charge in [0.1, 0.15) is 5.82 Å². The Kier molecular flexibility index (Phi) is 10.7. The van der Waals surface area contributed by atoms with Crippen LogP contribution in [0, 0.1) is 12.7 Å². The number of aryl methyl sites for hydroxylation is 1. The van der Waals surface area contributed by atoms with Crippen LogP contribution >= 0.6 is 24.0 Å². The molecule has 2 aromatic rings. The van der Waals surface area contributed by atoms with Crippen molar-refractivity contribution in [2.24, 2.45) is 4.99 Å². The molecule has 32 heavy (non-hydrogen) atoms. The zero-order valence-electron chi connectivity index (χ0n) is 18.7. The number of rotatable bonds is 8. The smallest absolute Gasteiger partial charge is 0.224 e. The summed E-state index contributed by atoms with van der Waals surface area (Å²) in [7, 11) is 0. The van der Waals surface area contributed by atoms with E-state index in [1.165, 1.54) is 23.4 Å². The monoisotopic (exact) mass is 553 g/mol. The predicted octanol–water partition coefficient (Wildman–Crippen LogP) is 3.24. The third-order valence-corrected chi connectivity index (χ3v) is 5.25. The maximum atomic E-state index is 12.9. The van der Waals surface area contributed by atoms with E-state index < -0.39 is 0 Å². The Morgan fingerprint density at radius 1 is 1.12 bits per heavy atom. The van der Waals surface area contributed by atoms with Gasteiger partial charge in [-0.2, -0.15) is 0 Å². The Morgan fingerprint density at radius 2 is 1.84 bits per heavy atom. The van der Waals surface area contributed by atoms with E-state index in [2.05, 4.69) is 57.0 Å². The van der Waals surface area contributed by atoms with Gasteiger partial charge in [0.2, 0.25) is 5.91 Å². The molecule has 0 aliphatic carbocycles. The molecule has 0 spiro atoms. The summed E-state index contributed by atoms with van der Waals surface area (Å²) < 4.78 is 12.9. The van der Waals surface area contributed by atoms with Gasteiger partial charge in [-0.15, -0.1) is 24.0 Å². The third kappa shape index (κ3) is 8.29. The molecule has 1 heterocycles. The molecule has 3 N–H and O–H groups in total. The van der Waals surface area contributed by atoms with E-state index in [9.17, 15) is 9.18 Å². The van der Waals surface area contributed by atoms with Crippen LogP contribution in [0.15, 0.2) is 53.5 Å². The summed E-state index contributed by atoms with van der Waals surface area (Å²) in [6.07, 6.45) is 1.28. The normalized spacial score (nSPS) is 15.8. The van der Waals surface area contributed by atoms with E-state index in [1.54, 1.807) is 12.1 Å². The van der Waals surface area contributed by atoms with Crippen molar-refractivity contribution in [3.63, 3.8) is 0 Å². The zero-order valence-corrected chi connectivity index (χ0v) is 21.1. The number of benzene rings is 2. The summed E-state index contributed by atoms with van der Waals surface area (Å²) >= 11 is 0. The van der Waals surface area contributed by atoms with E-state index in [0.717, 1.165) is 37.6 Å². The molecule has 0 radical (unpaired) electrons. The molecule has 0 aromatic heterocycles. The third-order valence-electron chi connectivity index (χ3n) is 5.25. The van der Waals surface area contributed by atoms with Crippen LogP contribution in [0.2, 0.25) is 0 Å². The van der Waals surface area contributed by atoms with Crippen LogP contribution in [0.4, 0.5) is 10.1 Å². The molecule has 1 amide bonds. The summed E-state index contributed by atoms with van der Waals surface area (Å²) in [5.74, 6) is 0.376. The lowest BCUT2D eigenvalue weighted by molar-refractivity contribution is -0.120. The van der Waals surface area contributed by atoms with Crippen molar-refractivity contribution in [3.05, 3.63) is 65.5 Å². The van der Waals surface area contributed by atoms with E-state index in [-0.39, 0.29) is 42.1 Å². The van der Waals surface area contributed by atoms with Crippen molar-refractivity contribution in [2.75, 3.05) is 37.6 Å². The molecule has 1 fully saturated rings. The Labute approximate surface area is 207 Å². The summed E-state index contributed by atoms with van der Waals surface area (Å²) in [4.78, 5) is 19.0. The summed E-state index contributed by atoms with van der Waals surface area (Å²) in [6.45, 7) is 7.80. The highest BCUT2D eigenvalue weighted by Crippen LogP contribution is 2.20. The lowest BCUT2D eigenvalue weighted by Crippen LogP contribution is -2.45. The molecule has 1 atom stereocenters. The van der Waals surface area contributed by atoms with Gasteiger partial charge in [0.25, 0.3) is 0 Å². The number of aliphatic imine (C=N–C) groups is 1. The molecule has 6 nitrogen and oxygen atoms in total. The van der Waals surface area contributed by atoms with Crippen molar-refractivity contribution in [1.29, 1.82) is 0 Å². The first-order valence-corrected chi connectivity index (χ1v) is 10.9. The van der Waals surface area contributed by atoms with Gasteiger partial charge in [0.05, 0.1) is 13.0 Å². The maximum absolute atomic E-state index is 12.9. The molecule has 0 saturated carbocycles. The van der Waals surface area contributed by atoms with Crippen LogP contribution in [0.5, 0.6) is 0 Å².